The Hall–Kier alpha value is -1.37. The second kappa shape index (κ2) is 7.59. The van der Waals surface area contributed by atoms with Gasteiger partial charge in [0, 0.05) is 0 Å². The van der Waals surface area contributed by atoms with Crippen LogP contribution in [-0.2, 0) is 17.8 Å². The van der Waals surface area contributed by atoms with Gasteiger partial charge in [-0.3, -0.25) is 10.2 Å². The van der Waals surface area contributed by atoms with Crippen LogP contribution in [0.15, 0.2) is 51.4 Å². The van der Waals surface area contributed by atoms with Crippen molar-refractivity contribution in [1.82, 2.24) is 5.43 Å². The topological polar surface area (TPSA) is 64.3 Å². The zero-order chi connectivity index (χ0) is 15.2. The molecule has 0 aliphatic carbocycles. The highest BCUT2D eigenvalue weighted by Gasteiger charge is 2.10. The minimum atomic E-state index is -0.232. The predicted molar refractivity (Wildman–Crippen MR) is 88.7 cm³/mol. The third-order valence-corrected chi connectivity index (χ3v) is 4.17. The van der Waals surface area contributed by atoms with E-state index >= 15 is 0 Å². The van der Waals surface area contributed by atoms with Gasteiger partial charge >= 0.3 is 0 Å². The molecule has 4 nitrogen and oxygen atoms in total. The van der Waals surface area contributed by atoms with Gasteiger partial charge in [0.2, 0.25) is 5.91 Å². The van der Waals surface area contributed by atoms with Crippen molar-refractivity contribution in [2.75, 3.05) is 0 Å². The normalized spacial score (nSPS) is 10.2. The third kappa shape index (κ3) is 4.30. The number of carbonyl (C=O) groups is 1. The van der Waals surface area contributed by atoms with Crippen LogP contribution in [0.4, 0.5) is 0 Å². The maximum Gasteiger partial charge on any atom is 0.238 e. The minimum absolute atomic E-state index is 0.229. The van der Waals surface area contributed by atoms with E-state index in [2.05, 4.69) is 37.3 Å². The largest absolute Gasteiger partial charge is 0.487 e. The van der Waals surface area contributed by atoms with Gasteiger partial charge in [-0.25, -0.2) is 5.84 Å². The molecule has 0 saturated heterocycles. The lowest BCUT2D eigenvalue weighted by Gasteiger charge is -2.13. The lowest BCUT2D eigenvalue weighted by Crippen LogP contribution is -2.31. The van der Waals surface area contributed by atoms with E-state index in [0.717, 1.165) is 25.8 Å². The van der Waals surface area contributed by atoms with Crippen LogP contribution in [0, 0.1) is 0 Å². The first-order chi connectivity index (χ1) is 10.1. The molecule has 0 fully saturated rings. The molecule has 1 amide bonds. The zero-order valence-corrected chi connectivity index (χ0v) is 14.3. The lowest BCUT2D eigenvalue weighted by atomic mass is 10.1. The van der Waals surface area contributed by atoms with E-state index in [4.69, 9.17) is 10.6 Å². The van der Waals surface area contributed by atoms with Gasteiger partial charge in [-0.2, -0.15) is 0 Å². The number of hydrogen-bond donors (Lipinski definition) is 2. The van der Waals surface area contributed by atoms with Crippen LogP contribution in [0.5, 0.6) is 5.75 Å². The Morgan fingerprint density at radius 2 is 1.67 bits per heavy atom. The first-order valence-electron chi connectivity index (χ1n) is 6.25. The summed E-state index contributed by atoms with van der Waals surface area (Å²) in [6.45, 7) is 0.370. The Morgan fingerprint density at radius 3 is 2.29 bits per heavy atom. The Balaban J connectivity index is 2.15. The van der Waals surface area contributed by atoms with E-state index in [1.807, 2.05) is 42.5 Å². The van der Waals surface area contributed by atoms with E-state index in [-0.39, 0.29) is 12.3 Å². The van der Waals surface area contributed by atoms with Gasteiger partial charge in [-0.15, -0.1) is 0 Å². The van der Waals surface area contributed by atoms with Crippen molar-refractivity contribution in [2.45, 2.75) is 13.0 Å². The molecule has 0 heterocycles. The summed E-state index contributed by atoms with van der Waals surface area (Å²) in [7, 11) is 0. The first-order valence-corrected chi connectivity index (χ1v) is 7.83. The van der Waals surface area contributed by atoms with Crippen LogP contribution in [0.1, 0.15) is 11.1 Å². The van der Waals surface area contributed by atoms with Crippen molar-refractivity contribution < 1.29 is 9.53 Å². The van der Waals surface area contributed by atoms with Crippen molar-refractivity contribution in [3.8, 4) is 5.75 Å². The quantitative estimate of drug-likeness (QED) is 0.449. The number of nitrogens with one attached hydrogen (secondary N) is 1. The molecule has 0 atom stereocenters. The number of rotatable bonds is 5. The zero-order valence-electron chi connectivity index (χ0n) is 11.1. The average molecular weight is 414 g/mol. The highest BCUT2D eigenvalue weighted by atomic mass is 79.9. The summed E-state index contributed by atoms with van der Waals surface area (Å²) in [5.41, 5.74) is 3.98. The lowest BCUT2D eigenvalue weighted by molar-refractivity contribution is -0.120. The maximum atomic E-state index is 11.4. The summed E-state index contributed by atoms with van der Waals surface area (Å²) in [6.07, 6.45) is 0.229. The molecule has 0 bridgehead atoms. The predicted octanol–water partition coefficient (Wildman–Crippen LogP) is 3.32. The fourth-order valence-electron chi connectivity index (χ4n) is 1.87. The molecule has 0 spiro atoms. The number of hydrazine groups is 1. The number of para-hydroxylation sites is 1. The summed E-state index contributed by atoms with van der Waals surface area (Å²) in [6, 6.07) is 13.4. The van der Waals surface area contributed by atoms with Gasteiger partial charge in [-0.1, -0.05) is 30.3 Å². The molecule has 21 heavy (non-hydrogen) atoms. The van der Waals surface area contributed by atoms with Gasteiger partial charge in [0.1, 0.15) is 12.4 Å². The van der Waals surface area contributed by atoms with E-state index in [0.29, 0.717) is 6.61 Å². The Bertz CT molecular complexity index is 627. The van der Waals surface area contributed by atoms with Crippen molar-refractivity contribution in [3.05, 3.63) is 62.5 Å². The second-order valence-electron chi connectivity index (χ2n) is 4.35. The third-order valence-electron chi connectivity index (χ3n) is 2.92. The minimum Gasteiger partial charge on any atom is -0.487 e. The number of halogens is 2. The molecule has 2 rings (SSSR count). The number of ether oxygens (including phenoxy) is 1. The van der Waals surface area contributed by atoms with Crippen LogP contribution in [-0.4, -0.2) is 5.91 Å². The van der Waals surface area contributed by atoms with E-state index in [9.17, 15) is 4.79 Å². The summed E-state index contributed by atoms with van der Waals surface area (Å²) in [5.74, 6) is 5.63. The van der Waals surface area contributed by atoms with Gasteiger partial charge in [0.25, 0.3) is 0 Å². The summed E-state index contributed by atoms with van der Waals surface area (Å²) in [5, 5.41) is 0. The van der Waals surface area contributed by atoms with Gasteiger partial charge < -0.3 is 4.74 Å². The van der Waals surface area contributed by atoms with Crippen LogP contribution in [0.2, 0.25) is 0 Å². The van der Waals surface area contributed by atoms with Crippen molar-refractivity contribution >= 4 is 37.8 Å². The molecule has 0 unspecified atom stereocenters. The van der Waals surface area contributed by atoms with E-state index in [1.54, 1.807) is 0 Å². The SMILES string of the molecule is NNC(=O)Cc1ccccc1COc1c(Br)cccc1Br. The molecular formula is C15H14Br2N2O2. The van der Waals surface area contributed by atoms with Crippen molar-refractivity contribution in [1.29, 1.82) is 0 Å². The molecule has 0 aliphatic rings. The standard InChI is InChI=1S/C15H14Br2N2O2/c16-12-6-3-7-13(17)15(12)21-9-11-5-2-1-4-10(11)8-14(20)19-18/h1-7H,8-9,18H2,(H,19,20). The molecule has 3 N–H and O–H groups in total. The fourth-order valence-corrected chi connectivity index (χ4v) is 3.09. The van der Waals surface area contributed by atoms with Crippen molar-refractivity contribution in [2.24, 2.45) is 5.84 Å². The smallest absolute Gasteiger partial charge is 0.238 e. The highest BCUT2D eigenvalue weighted by Crippen LogP contribution is 2.33. The van der Waals surface area contributed by atoms with Gasteiger partial charge in [0.15, 0.2) is 0 Å². The molecule has 0 saturated carbocycles. The summed E-state index contributed by atoms with van der Waals surface area (Å²) >= 11 is 6.91. The van der Waals surface area contributed by atoms with Crippen molar-refractivity contribution in [3.63, 3.8) is 0 Å². The number of nitrogens with two attached hydrogens (primary N) is 1. The number of benzene rings is 2. The molecule has 0 aliphatic heterocycles. The molecule has 2 aromatic rings. The number of hydrogen-bond acceptors (Lipinski definition) is 3. The van der Waals surface area contributed by atoms with Crippen LogP contribution >= 0.6 is 31.9 Å². The average Bonchev–Trinajstić information content (AvgIpc) is 2.48. The van der Waals surface area contributed by atoms with E-state index < -0.39 is 0 Å². The van der Waals surface area contributed by atoms with Crippen LogP contribution in [0.25, 0.3) is 0 Å². The molecule has 110 valence electrons. The van der Waals surface area contributed by atoms with E-state index in [1.165, 1.54) is 0 Å². The first kappa shape index (κ1) is 16.0. The molecule has 2 aromatic carbocycles. The number of amides is 1. The Labute approximate surface area is 139 Å². The fraction of sp³-hybridized carbons (Fsp3) is 0.133. The van der Waals surface area contributed by atoms with Gasteiger partial charge in [0.05, 0.1) is 15.4 Å². The monoisotopic (exact) mass is 412 g/mol. The molecule has 0 radical (unpaired) electrons. The maximum absolute atomic E-state index is 11.4. The molecule has 0 aromatic heterocycles. The highest BCUT2D eigenvalue weighted by molar-refractivity contribution is 9.11. The van der Waals surface area contributed by atoms with Gasteiger partial charge in [-0.05, 0) is 55.1 Å². The molecule has 6 heteroatoms. The molecular weight excluding hydrogens is 400 g/mol. The van der Waals surface area contributed by atoms with Crippen LogP contribution < -0.4 is 16.0 Å². The Morgan fingerprint density at radius 1 is 1.05 bits per heavy atom. The summed E-state index contributed by atoms with van der Waals surface area (Å²) < 4.78 is 7.59. The number of carbonyl (C=O) groups excluding carboxylic acids is 1. The second-order valence-corrected chi connectivity index (χ2v) is 6.06. The summed E-state index contributed by atoms with van der Waals surface area (Å²) in [4.78, 5) is 11.4. The van der Waals surface area contributed by atoms with Crippen LogP contribution in [0.3, 0.4) is 0 Å². The Kier molecular flexibility index (Phi) is 5.78.